The highest BCUT2D eigenvalue weighted by Crippen LogP contribution is 2.17. The number of carboxylic acids is 1. The predicted octanol–water partition coefficient (Wildman–Crippen LogP) is 0.0504. The number of hydrogen-bond acceptors (Lipinski definition) is 3. The van der Waals surface area contributed by atoms with E-state index >= 15 is 0 Å². The number of primary amides is 1. The molecule has 0 aliphatic heterocycles. The van der Waals surface area contributed by atoms with Crippen LogP contribution < -0.4 is 16.4 Å². The smallest absolute Gasteiger partial charge is 0.326 e. The summed E-state index contributed by atoms with van der Waals surface area (Å²) in [4.78, 5) is 32.9. The highest BCUT2D eigenvalue weighted by atomic mass is 16.4. The van der Waals surface area contributed by atoms with Crippen LogP contribution in [0, 0.1) is 5.41 Å². The lowest BCUT2D eigenvalue weighted by atomic mass is 9.90. The van der Waals surface area contributed by atoms with Gasteiger partial charge in [0.2, 0.25) is 5.91 Å². The lowest BCUT2D eigenvalue weighted by molar-refractivity contribution is -0.140. The maximum absolute atomic E-state index is 11.5. The number of rotatable bonds is 7. The van der Waals surface area contributed by atoms with E-state index in [0.717, 1.165) is 6.42 Å². The Kier molecular flexibility index (Phi) is 6.15. The van der Waals surface area contributed by atoms with Gasteiger partial charge in [-0.3, -0.25) is 4.79 Å². The number of nitrogens with one attached hydrogen (secondary N) is 2. The molecule has 0 heterocycles. The van der Waals surface area contributed by atoms with Crippen LogP contribution in [0.15, 0.2) is 0 Å². The summed E-state index contributed by atoms with van der Waals surface area (Å²) in [6.07, 6.45) is 0.441. The second kappa shape index (κ2) is 6.83. The lowest BCUT2D eigenvalue weighted by Gasteiger charge is -2.23. The van der Waals surface area contributed by atoms with E-state index in [-0.39, 0.29) is 5.41 Å². The van der Waals surface area contributed by atoms with Crippen molar-refractivity contribution in [1.29, 1.82) is 0 Å². The van der Waals surface area contributed by atoms with Gasteiger partial charge in [0.1, 0.15) is 6.04 Å². The molecule has 0 spiro atoms. The van der Waals surface area contributed by atoms with Gasteiger partial charge in [0.05, 0.1) is 6.42 Å². The molecule has 0 unspecified atom stereocenters. The maximum Gasteiger partial charge on any atom is 0.326 e. The number of hydrogen-bond donors (Lipinski definition) is 4. The van der Waals surface area contributed by atoms with Crippen LogP contribution in [-0.2, 0) is 9.59 Å². The van der Waals surface area contributed by atoms with Gasteiger partial charge in [0.15, 0.2) is 0 Å². The van der Waals surface area contributed by atoms with Gasteiger partial charge < -0.3 is 21.5 Å². The van der Waals surface area contributed by atoms with Crippen LogP contribution in [0.5, 0.6) is 0 Å². The highest BCUT2D eigenvalue weighted by Gasteiger charge is 2.23. The Morgan fingerprint density at radius 1 is 1.33 bits per heavy atom. The summed E-state index contributed by atoms with van der Waals surface area (Å²) >= 11 is 0. The van der Waals surface area contributed by atoms with E-state index < -0.39 is 30.4 Å². The first-order valence-corrected chi connectivity index (χ1v) is 5.73. The Balaban J connectivity index is 4.27. The molecule has 0 fully saturated rings. The van der Waals surface area contributed by atoms with Crippen molar-refractivity contribution in [2.45, 2.75) is 39.7 Å². The minimum absolute atomic E-state index is 0.0697. The molecule has 3 amide bonds. The third-order valence-electron chi connectivity index (χ3n) is 2.69. The minimum atomic E-state index is -1.30. The third-order valence-corrected chi connectivity index (χ3v) is 2.69. The van der Waals surface area contributed by atoms with Crippen molar-refractivity contribution < 1.29 is 19.5 Å². The summed E-state index contributed by atoms with van der Waals surface area (Å²) in [6, 6.07) is -1.92. The molecule has 0 saturated carbocycles. The first-order valence-electron chi connectivity index (χ1n) is 5.73. The van der Waals surface area contributed by atoms with Crippen LogP contribution in [0.3, 0.4) is 0 Å². The lowest BCUT2D eigenvalue weighted by Crippen LogP contribution is -2.49. The molecule has 0 saturated heterocycles. The van der Waals surface area contributed by atoms with Gasteiger partial charge in [-0.25, -0.2) is 9.59 Å². The fourth-order valence-electron chi connectivity index (χ4n) is 1.06. The molecular weight excluding hydrogens is 238 g/mol. The monoisotopic (exact) mass is 259 g/mol. The van der Waals surface area contributed by atoms with E-state index in [9.17, 15) is 14.4 Å². The predicted molar refractivity (Wildman–Crippen MR) is 65.8 cm³/mol. The van der Waals surface area contributed by atoms with Gasteiger partial charge in [-0.1, -0.05) is 20.8 Å². The molecule has 0 aromatic rings. The normalized spacial score (nSPS) is 12.6. The molecule has 7 heteroatoms. The molecule has 104 valence electrons. The maximum atomic E-state index is 11.5. The first kappa shape index (κ1) is 16.2. The molecule has 0 aliphatic rings. The fourth-order valence-corrected chi connectivity index (χ4v) is 1.06. The average molecular weight is 259 g/mol. The summed E-state index contributed by atoms with van der Waals surface area (Å²) < 4.78 is 0. The van der Waals surface area contributed by atoms with Crippen LogP contribution in [0.25, 0.3) is 0 Å². The zero-order chi connectivity index (χ0) is 14.3. The van der Waals surface area contributed by atoms with Gasteiger partial charge in [-0.05, 0) is 11.8 Å². The second-order valence-corrected chi connectivity index (χ2v) is 4.91. The number of nitrogens with two attached hydrogens (primary N) is 1. The van der Waals surface area contributed by atoms with Crippen molar-refractivity contribution in [1.82, 2.24) is 10.6 Å². The summed E-state index contributed by atoms with van der Waals surface area (Å²) in [7, 11) is 0. The average Bonchev–Trinajstić information content (AvgIpc) is 2.25. The van der Waals surface area contributed by atoms with Gasteiger partial charge in [0.25, 0.3) is 0 Å². The first-order chi connectivity index (χ1) is 8.18. The van der Waals surface area contributed by atoms with Gasteiger partial charge in [-0.15, -0.1) is 0 Å². The van der Waals surface area contributed by atoms with Crippen LogP contribution >= 0.6 is 0 Å². The Morgan fingerprint density at radius 2 is 1.89 bits per heavy atom. The van der Waals surface area contributed by atoms with Crippen molar-refractivity contribution in [3.05, 3.63) is 0 Å². The molecule has 7 nitrogen and oxygen atoms in total. The summed E-state index contributed by atoms with van der Waals surface area (Å²) in [5, 5.41) is 13.6. The summed E-state index contributed by atoms with van der Waals surface area (Å²) in [5.74, 6) is -2.07. The summed E-state index contributed by atoms with van der Waals surface area (Å²) in [6.45, 7) is 6.36. The molecule has 0 radical (unpaired) electrons. The highest BCUT2D eigenvalue weighted by molar-refractivity contribution is 5.87. The zero-order valence-corrected chi connectivity index (χ0v) is 10.9. The Morgan fingerprint density at radius 3 is 2.28 bits per heavy atom. The Bertz CT molecular complexity index is 328. The molecule has 0 bridgehead atoms. The van der Waals surface area contributed by atoms with E-state index in [4.69, 9.17) is 10.8 Å². The molecule has 18 heavy (non-hydrogen) atoms. The summed E-state index contributed by atoms with van der Waals surface area (Å²) in [5.41, 5.74) is 4.83. The van der Waals surface area contributed by atoms with Gasteiger partial charge >= 0.3 is 12.0 Å². The Hall–Kier alpha value is -1.79. The standard InChI is InChI=1S/C11H21N3O4/c1-4-11(2,3)6-13-10(18)14-7(9(16)17)5-8(12)15/h7H,4-6H2,1-3H3,(H2,12,15)(H,16,17)(H2,13,14,18)/t7-/m1/s1. The molecule has 0 aromatic heterocycles. The zero-order valence-electron chi connectivity index (χ0n) is 10.9. The third kappa shape index (κ3) is 6.72. The molecule has 0 aromatic carbocycles. The number of carbonyl (C=O) groups excluding carboxylic acids is 2. The largest absolute Gasteiger partial charge is 0.480 e. The van der Waals surface area contributed by atoms with Crippen LogP contribution in [0.2, 0.25) is 0 Å². The molecular formula is C11H21N3O4. The topological polar surface area (TPSA) is 122 Å². The van der Waals surface area contributed by atoms with E-state index in [1.807, 2.05) is 20.8 Å². The van der Waals surface area contributed by atoms with Crippen molar-refractivity contribution >= 4 is 17.9 Å². The molecule has 5 N–H and O–H groups in total. The van der Waals surface area contributed by atoms with Gasteiger partial charge in [0, 0.05) is 6.54 Å². The number of carbonyl (C=O) groups is 3. The van der Waals surface area contributed by atoms with Crippen molar-refractivity contribution in [2.75, 3.05) is 6.54 Å². The number of urea groups is 1. The SMILES string of the molecule is CCC(C)(C)CNC(=O)N[C@H](CC(N)=O)C(=O)O. The Labute approximate surface area is 106 Å². The quantitative estimate of drug-likeness (QED) is 0.516. The van der Waals surface area contributed by atoms with E-state index in [1.165, 1.54) is 0 Å². The molecule has 1 atom stereocenters. The number of aliphatic carboxylic acids is 1. The fraction of sp³-hybridized carbons (Fsp3) is 0.727. The van der Waals surface area contributed by atoms with Gasteiger partial charge in [-0.2, -0.15) is 0 Å². The number of amides is 3. The minimum Gasteiger partial charge on any atom is -0.480 e. The van der Waals surface area contributed by atoms with Crippen molar-refractivity contribution in [2.24, 2.45) is 11.1 Å². The molecule has 0 aliphatic carbocycles. The van der Waals surface area contributed by atoms with Crippen LogP contribution in [0.1, 0.15) is 33.6 Å². The van der Waals surface area contributed by atoms with E-state index in [1.54, 1.807) is 0 Å². The molecule has 0 rings (SSSR count). The van der Waals surface area contributed by atoms with E-state index in [0.29, 0.717) is 6.54 Å². The van der Waals surface area contributed by atoms with Crippen molar-refractivity contribution in [3.8, 4) is 0 Å². The van der Waals surface area contributed by atoms with Crippen LogP contribution in [0.4, 0.5) is 4.79 Å². The van der Waals surface area contributed by atoms with E-state index in [2.05, 4.69) is 10.6 Å². The van der Waals surface area contributed by atoms with Crippen molar-refractivity contribution in [3.63, 3.8) is 0 Å². The van der Waals surface area contributed by atoms with Crippen LogP contribution in [-0.4, -0.2) is 35.6 Å². The second-order valence-electron chi connectivity index (χ2n) is 4.91. The number of carboxylic acid groups (broad SMARTS) is 1.